The van der Waals surface area contributed by atoms with E-state index < -0.39 is 0 Å². The number of fused-ring (bicyclic) bond motifs is 3. The van der Waals surface area contributed by atoms with Crippen LogP contribution >= 0.6 is 27.7 Å². The Kier molecular flexibility index (Phi) is 3.23. The molecular weight excluding hydrogens is 316 g/mol. The molecule has 2 aliphatic carbocycles. The van der Waals surface area contributed by atoms with Crippen LogP contribution in [0.15, 0.2) is 29.2 Å². The van der Waals surface area contributed by atoms with Crippen molar-refractivity contribution in [2.45, 2.75) is 48.7 Å². The first-order chi connectivity index (χ1) is 9.29. The molecule has 19 heavy (non-hydrogen) atoms. The third-order valence-electron chi connectivity index (χ3n) is 5.72. The summed E-state index contributed by atoms with van der Waals surface area (Å²) in [5.74, 6) is 2.07. The highest BCUT2D eigenvalue weighted by Gasteiger charge is 2.51. The molecule has 0 radical (unpaired) electrons. The molecule has 1 aliphatic heterocycles. The Morgan fingerprint density at radius 1 is 1.26 bits per heavy atom. The average Bonchev–Trinajstić information content (AvgIpc) is 3.11. The van der Waals surface area contributed by atoms with E-state index >= 15 is 0 Å². The largest absolute Gasteiger partial charge is 0.122 e. The van der Waals surface area contributed by atoms with Crippen LogP contribution in [-0.2, 0) is 6.42 Å². The van der Waals surface area contributed by atoms with Gasteiger partial charge in [-0.2, -0.15) is 0 Å². The minimum atomic E-state index is 0.628. The van der Waals surface area contributed by atoms with E-state index in [1.165, 1.54) is 43.9 Å². The van der Waals surface area contributed by atoms with Crippen molar-refractivity contribution in [2.24, 2.45) is 17.3 Å². The maximum Gasteiger partial charge on any atom is 0.0141 e. The van der Waals surface area contributed by atoms with Gasteiger partial charge in [0, 0.05) is 15.5 Å². The second kappa shape index (κ2) is 4.80. The Morgan fingerprint density at radius 3 is 2.84 bits per heavy atom. The molecule has 0 nitrogen and oxygen atoms in total. The van der Waals surface area contributed by atoms with Crippen molar-refractivity contribution in [3.8, 4) is 0 Å². The zero-order valence-corrected chi connectivity index (χ0v) is 13.7. The molecule has 3 aliphatic rings. The molecule has 2 heteroatoms. The van der Waals surface area contributed by atoms with Crippen molar-refractivity contribution in [1.82, 2.24) is 0 Å². The van der Waals surface area contributed by atoms with Crippen molar-refractivity contribution < 1.29 is 0 Å². The summed E-state index contributed by atoms with van der Waals surface area (Å²) in [6, 6.07) is 9.01. The Bertz CT molecular complexity index is 461. The van der Waals surface area contributed by atoms with Crippen molar-refractivity contribution in [3.63, 3.8) is 0 Å². The Morgan fingerprint density at radius 2 is 2.16 bits per heavy atom. The zero-order chi connectivity index (χ0) is 12.9. The number of hydrogen-bond acceptors (Lipinski definition) is 1. The van der Waals surface area contributed by atoms with Gasteiger partial charge in [-0.3, -0.25) is 0 Å². The topological polar surface area (TPSA) is 0 Å². The fraction of sp³-hybridized carbons (Fsp3) is 0.647. The number of thioether (sulfide) groups is 1. The van der Waals surface area contributed by atoms with Crippen LogP contribution in [0.1, 0.15) is 37.7 Å². The molecule has 2 fully saturated rings. The van der Waals surface area contributed by atoms with Crippen LogP contribution in [0.3, 0.4) is 0 Å². The molecule has 4 rings (SSSR count). The highest BCUT2D eigenvalue weighted by Crippen LogP contribution is 2.60. The van der Waals surface area contributed by atoms with E-state index in [1.807, 2.05) is 0 Å². The third-order valence-corrected chi connectivity index (χ3v) is 8.15. The first-order valence-electron chi connectivity index (χ1n) is 7.60. The highest BCUT2D eigenvalue weighted by molar-refractivity contribution is 9.09. The molecular formula is C17H21BrS. The van der Waals surface area contributed by atoms with Crippen LogP contribution in [-0.4, -0.2) is 10.6 Å². The summed E-state index contributed by atoms with van der Waals surface area (Å²) in [5.41, 5.74) is 2.22. The molecule has 102 valence electrons. The Hall–Kier alpha value is 0.0500. The molecule has 0 spiro atoms. The molecule has 1 aromatic carbocycles. The number of hydrogen-bond donors (Lipinski definition) is 0. The van der Waals surface area contributed by atoms with E-state index in [-0.39, 0.29) is 0 Å². The maximum absolute atomic E-state index is 3.87. The van der Waals surface area contributed by atoms with Gasteiger partial charge in [0.15, 0.2) is 0 Å². The summed E-state index contributed by atoms with van der Waals surface area (Å²) in [6.07, 6.45) is 8.76. The lowest BCUT2D eigenvalue weighted by atomic mass is 9.71. The van der Waals surface area contributed by atoms with E-state index in [0.717, 1.165) is 17.1 Å². The normalized spacial score (nSPS) is 39.7. The van der Waals surface area contributed by atoms with Gasteiger partial charge in [-0.15, -0.1) is 11.8 Å². The maximum atomic E-state index is 3.87. The first-order valence-corrected chi connectivity index (χ1v) is 9.60. The van der Waals surface area contributed by atoms with Gasteiger partial charge in [0.25, 0.3) is 0 Å². The molecule has 0 amide bonds. The molecule has 2 bridgehead atoms. The minimum absolute atomic E-state index is 0.628. The van der Waals surface area contributed by atoms with E-state index in [1.54, 1.807) is 10.5 Å². The van der Waals surface area contributed by atoms with Gasteiger partial charge in [0.2, 0.25) is 0 Å². The quantitative estimate of drug-likeness (QED) is 0.675. The summed E-state index contributed by atoms with van der Waals surface area (Å²) in [4.78, 5) is 1.54. The highest BCUT2D eigenvalue weighted by atomic mass is 79.9. The fourth-order valence-corrected chi connectivity index (χ4v) is 7.26. The standard InChI is InChI=1S/C17H21BrS/c18-11-17(9-12-5-6-14(17)7-12)10-15-8-13-3-1-2-4-16(13)19-15/h1-4,12,14-15H,5-11H2. The zero-order valence-electron chi connectivity index (χ0n) is 11.3. The second-order valence-corrected chi connectivity index (χ2v) is 8.73. The molecule has 4 unspecified atom stereocenters. The van der Waals surface area contributed by atoms with Crippen LogP contribution in [0.25, 0.3) is 0 Å². The molecule has 0 aromatic heterocycles. The lowest BCUT2D eigenvalue weighted by molar-refractivity contribution is 0.181. The predicted molar refractivity (Wildman–Crippen MR) is 86.1 cm³/mol. The summed E-state index contributed by atoms with van der Waals surface area (Å²) in [7, 11) is 0. The van der Waals surface area contributed by atoms with Gasteiger partial charge in [-0.05, 0) is 61.0 Å². The molecule has 0 N–H and O–H groups in total. The summed E-state index contributed by atoms with van der Waals surface area (Å²) < 4.78 is 0. The van der Waals surface area contributed by atoms with Gasteiger partial charge in [-0.1, -0.05) is 40.5 Å². The van der Waals surface area contributed by atoms with Crippen LogP contribution in [0.2, 0.25) is 0 Å². The summed E-state index contributed by atoms with van der Waals surface area (Å²) in [5, 5.41) is 2.06. The number of alkyl halides is 1. The fourth-order valence-electron chi connectivity index (χ4n) is 4.85. The molecule has 2 saturated carbocycles. The second-order valence-electron chi connectivity index (χ2n) is 6.83. The SMILES string of the molecule is BrCC1(CC2Cc3ccccc3S2)CC2CCC1C2. The summed E-state index contributed by atoms with van der Waals surface area (Å²) in [6.45, 7) is 0. The van der Waals surface area contributed by atoms with Crippen LogP contribution in [0.5, 0.6) is 0 Å². The van der Waals surface area contributed by atoms with Crippen LogP contribution < -0.4 is 0 Å². The average molecular weight is 337 g/mol. The molecule has 1 heterocycles. The first kappa shape index (κ1) is 12.8. The van der Waals surface area contributed by atoms with Gasteiger partial charge in [0.1, 0.15) is 0 Å². The van der Waals surface area contributed by atoms with E-state index in [0.29, 0.717) is 5.41 Å². The van der Waals surface area contributed by atoms with Gasteiger partial charge in [0.05, 0.1) is 0 Å². The van der Waals surface area contributed by atoms with E-state index in [2.05, 4.69) is 52.0 Å². The van der Waals surface area contributed by atoms with Crippen molar-refractivity contribution in [1.29, 1.82) is 0 Å². The van der Waals surface area contributed by atoms with Crippen molar-refractivity contribution in [2.75, 3.05) is 5.33 Å². The van der Waals surface area contributed by atoms with E-state index in [9.17, 15) is 0 Å². The third kappa shape index (κ3) is 2.10. The molecule has 1 aromatic rings. The minimum Gasteiger partial charge on any atom is -0.122 e. The van der Waals surface area contributed by atoms with Gasteiger partial charge >= 0.3 is 0 Å². The Labute approximate surface area is 128 Å². The molecule has 0 saturated heterocycles. The number of rotatable bonds is 3. The number of halogens is 1. The monoisotopic (exact) mass is 336 g/mol. The van der Waals surface area contributed by atoms with Crippen LogP contribution in [0, 0.1) is 17.3 Å². The molecule has 4 atom stereocenters. The smallest absolute Gasteiger partial charge is 0.0141 e. The van der Waals surface area contributed by atoms with Crippen LogP contribution in [0.4, 0.5) is 0 Å². The Balaban J connectivity index is 1.51. The predicted octanol–water partition coefficient (Wildman–Crippen LogP) is 5.29. The van der Waals surface area contributed by atoms with E-state index in [4.69, 9.17) is 0 Å². The lowest BCUT2D eigenvalue weighted by Gasteiger charge is -2.38. The van der Waals surface area contributed by atoms with Crippen molar-refractivity contribution >= 4 is 27.7 Å². The lowest BCUT2D eigenvalue weighted by Crippen LogP contribution is -2.32. The number of benzene rings is 1. The van der Waals surface area contributed by atoms with Crippen molar-refractivity contribution in [3.05, 3.63) is 29.8 Å². The van der Waals surface area contributed by atoms with Gasteiger partial charge in [-0.25, -0.2) is 0 Å². The van der Waals surface area contributed by atoms with Gasteiger partial charge < -0.3 is 0 Å². The summed E-state index contributed by atoms with van der Waals surface area (Å²) >= 11 is 6.01.